The fourth-order valence-corrected chi connectivity index (χ4v) is 2.42. The Bertz CT molecular complexity index is 911. The lowest BCUT2D eigenvalue weighted by Gasteiger charge is -2.11. The summed E-state index contributed by atoms with van der Waals surface area (Å²) in [6.45, 7) is 1.73. The first-order valence-electron chi connectivity index (χ1n) is 7.70. The molecule has 134 valence electrons. The molecule has 0 radical (unpaired) electrons. The van der Waals surface area contributed by atoms with Crippen LogP contribution in [-0.2, 0) is 12.8 Å². The van der Waals surface area contributed by atoms with Gasteiger partial charge in [-0.3, -0.25) is 4.98 Å². The molecule has 8 heteroatoms. The van der Waals surface area contributed by atoms with Gasteiger partial charge in [-0.05, 0) is 42.3 Å². The molecule has 0 amide bonds. The quantitative estimate of drug-likeness (QED) is 0.733. The Hall–Kier alpha value is -3.00. The second-order valence-corrected chi connectivity index (χ2v) is 5.67. The number of aryl methyl sites for hydroxylation is 1. The maximum absolute atomic E-state index is 12.8. The van der Waals surface area contributed by atoms with Crippen LogP contribution in [0.3, 0.4) is 0 Å². The van der Waals surface area contributed by atoms with Gasteiger partial charge in [0, 0.05) is 23.6 Å². The van der Waals surface area contributed by atoms with Crippen molar-refractivity contribution in [3.8, 4) is 11.1 Å². The molecule has 3 aromatic rings. The Morgan fingerprint density at radius 1 is 1.04 bits per heavy atom. The molecular weight excluding hydrogens is 345 g/mol. The zero-order valence-electron chi connectivity index (χ0n) is 13.7. The third-order valence-electron chi connectivity index (χ3n) is 3.60. The highest BCUT2D eigenvalue weighted by molar-refractivity contribution is 5.70. The first kappa shape index (κ1) is 17.8. The average molecular weight is 360 g/mol. The summed E-state index contributed by atoms with van der Waals surface area (Å²) in [6, 6.07) is 9.82. The lowest BCUT2D eigenvalue weighted by molar-refractivity contribution is -0.141. The molecule has 0 saturated carbocycles. The maximum Gasteiger partial charge on any atom is 0.433 e. The highest BCUT2D eigenvalue weighted by Gasteiger charge is 2.32. The molecule has 0 aliphatic rings. The van der Waals surface area contributed by atoms with Crippen molar-refractivity contribution in [1.82, 2.24) is 15.0 Å². The van der Waals surface area contributed by atoms with Gasteiger partial charge in [0.1, 0.15) is 5.69 Å². The van der Waals surface area contributed by atoms with Gasteiger partial charge in [-0.2, -0.15) is 13.2 Å². The van der Waals surface area contributed by atoms with E-state index in [1.165, 1.54) is 0 Å². The number of nitrogens with one attached hydrogen (secondary N) is 1. The van der Waals surface area contributed by atoms with E-state index in [1.54, 1.807) is 24.4 Å². The summed E-state index contributed by atoms with van der Waals surface area (Å²) in [7, 11) is 0. The minimum Gasteiger partial charge on any atom is -0.390 e. The molecule has 2 aromatic heterocycles. The van der Waals surface area contributed by atoms with Crippen LogP contribution >= 0.6 is 0 Å². The first-order chi connectivity index (χ1) is 12.3. The van der Waals surface area contributed by atoms with Crippen molar-refractivity contribution in [3.05, 3.63) is 65.7 Å². The van der Waals surface area contributed by atoms with Crippen molar-refractivity contribution < 1.29 is 18.3 Å². The minimum absolute atomic E-state index is 0.134. The van der Waals surface area contributed by atoms with Gasteiger partial charge in [0.05, 0.1) is 12.3 Å². The highest BCUT2D eigenvalue weighted by Crippen LogP contribution is 2.29. The number of aromatic nitrogens is 3. The van der Waals surface area contributed by atoms with Gasteiger partial charge >= 0.3 is 6.18 Å². The van der Waals surface area contributed by atoms with Gasteiger partial charge in [0.2, 0.25) is 5.95 Å². The number of alkyl halides is 3. The average Bonchev–Trinajstić information content (AvgIpc) is 2.61. The van der Waals surface area contributed by atoms with Crippen LogP contribution in [-0.4, -0.2) is 20.1 Å². The lowest BCUT2D eigenvalue weighted by atomic mass is 10.0. The van der Waals surface area contributed by atoms with E-state index in [0.29, 0.717) is 11.4 Å². The van der Waals surface area contributed by atoms with E-state index in [9.17, 15) is 13.2 Å². The van der Waals surface area contributed by atoms with Crippen LogP contribution in [0, 0.1) is 6.92 Å². The molecule has 26 heavy (non-hydrogen) atoms. The van der Waals surface area contributed by atoms with Crippen molar-refractivity contribution in [1.29, 1.82) is 0 Å². The topological polar surface area (TPSA) is 70.9 Å². The molecule has 0 atom stereocenters. The van der Waals surface area contributed by atoms with Gasteiger partial charge in [-0.15, -0.1) is 0 Å². The second-order valence-electron chi connectivity index (χ2n) is 5.67. The fourth-order valence-electron chi connectivity index (χ4n) is 2.42. The van der Waals surface area contributed by atoms with Crippen LogP contribution in [0.15, 0.2) is 48.8 Å². The van der Waals surface area contributed by atoms with Crippen LogP contribution in [0.2, 0.25) is 0 Å². The molecule has 0 fully saturated rings. The van der Waals surface area contributed by atoms with E-state index < -0.39 is 11.9 Å². The zero-order valence-corrected chi connectivity index (χ0v) is 13.7. The van der Waals surface area contributed by atoms with Crippen LogP contribution in [0.1, 0.15) is 17.0 Å². The Morgan fingerprint density at radius 3 is 2.50 bits per heavy atom. The van der Waals surface area contributed by atoms with Gasteiger partial charge < -0.3 is 10.4 Å². The van der Waals surface area contributed by atoms with Crippen molar-refractivity contribution in [2.24, 2.45) is 0 Å². The highest BCUT2D eigenvalue weighted by atomic mass is 19.4. The number of hydrogen-bond acceptors (Lipinski definition) is 5. The summed E-state index contributed by atoms with van der Waals surface area (Å²) in [5.74, 6) is -0.134. The third kappa shape index (κ3) is 4.15. The molecule has 2 N–H and O–H groups in total. The van der Waals surface area contributed by atoms with Crippen LogP contribution in [0.25, 0.3) is 11.1 Å². The predicted molar refractivity (Wildman–Crippen MR) is 90.6 cm³/mol. The summed E-state index contributed by atoms with van der Waals surface area (Å²) in [6.07, 6.45) is -1.84. The summed E-state index contributed by atoms with van der Waals surface area (Å²) < 4.78 is 38.3. The molecule has 2 heterocycles. The zero-order chi connectivity index (χ0) is 18.7. The minimum atomic E-state index is -4.53. The normalized spacial score (nSPS) is 11.4. The molecule has 0 spiro atoms. The predicted octanol–water partition coefficient (Wildman–Crippen LogP) is 4.10. The molecule has 0 saturated heterocycles. The van der Waals surface area contributed by atoms with E-state index in [-0.39, 0.29) is 12.6 Å². The van der Waals surface area contributed by atoms with Gasteiger partial charge in [0.25, 0.3) is 0 Å². The summed E-state index contributed by atoms with van der Waals surface area (Å²) in [5.41, 5.74) is 2.66. The van der Waals surface area contributed by atoms with E-state index in [4.69, 9.17) is 5.11 Å². The third-order valence-corrected chi connectivity index (χ3v) is 3.60. The monoisotopic (exact) mass is 360 g/mol. The Balaban J connectivity index is 1.90. The van der Waals surface area contributed by atoms with Crippen molar-refractivity contribution >= 4 is 11.6 Å². The van der Waals surface area contributed by atoms with Gasteiger partial charge in [0.15, 0.2) is 0 Å². The number of rotatable bonds is 4. The van der Waals surface area contributed by atoms with Crippen molar-refractivity contribution in [2.75, 3.05) is 5.32 Å². The Morgan fingerprint density at radius 2 is 1.85 bits per heavy atom. The Kier molecular flexibility index (Phi) is 4.85. The summed E-state index contributed by atoms with van der Waals surface area (Å²) >= 11 is 0. The molecule has 0 unspecified atom stereocenters. The number of anilines is 2. The number of hydrogen-bond donors (Lipinski definition) is 2. The molecule has 1 aromatic carbocycles. The number of aliphatic hydroxyl groups excluding tert-OH is 1. The smallest absolute Gasteiger partial charge is 0.390 e. The fraction of sp³-hybridized carbons (Fsp3) is 0.167. The second kappa shape index (κ2) is 7.09. The SMILES string of the molecule is Cc1cc(Nc2nccc(C(F)(F)F)n2)cc(-c2ccc(CO)nc2)c1. The molecule has 0 aliphatic carbocycles. The molecule has 0 aliphatic heterocycles. The van der Waals surface area contributed by atoms with Crippen LogP contribution < -0.4 is 5.32 Å². The largest absolute Gasteiger partial charge is 0.433 e. The van der Waals surface area contributed by atoms with Crippen LogP contribution in [0.5, 0.6) is 0 Å². The molecule has 5 nitrogen and oxygen atoms in total. The standard InChI is InChI=1S/C18H15F3N4O/c1-11-6-13(12-2-3-14(10-26)23-9-12)8-15(7-11)24-17-22-5-4-16(25-17)18(19,20)21/h2-9,26H,10H2,1H3,(H,22,24,25). The van der Waals surface area contributed by atoms with Crippen molar-refractivity contribution in [3.63, 3.8) is 0 Å². The molecule has 3 rings (SSSR count). The first-order valence-corrected chi connectivity index (χ1v) is 7.70. The lowest BCUT2D eigenvalue weighted by Crippen LogP contribution is -2.10. The number of halogens is 3. The summed E-state index contributed by atoms with van der Waals surface area (Å²) in [5, 5.41) is 11.9. The van der Waals surface area contributed by atoms with Crippen molar-refractivity contribution in [2.45, 2.75) is 19.7 Å². The molecular formula is C18H15F3N4O. The maximum atomic E-state index is 12.8. The van der Waals surface area contributed by atoms with Gasteiger partial charge in [-0.1, -0.05) is 12.1 Å². The number of pyridine rings is 1. The number of benzene rings is 1. The number of nitrogens with zero attached hydrogens (tertiary/aromatic N) is 3. The Labute approximate surface area is 147 Å². The van der Waals surface area contributed by atoms with E-state index >= 15 is 0 Å². The van der Waals surface area contributed by atoms with Gasteiger partial charge in [-0.25, -0.2) is 9.97 Å². The van der Waals surface area contributed by atoms with E-state index in [0.717, 1.165) is 29.0 Å². The number of aliphatic hydroxyl groups is 1. The van der Waals surface area contributed by atoms with Crippen LogP contribution in [0.4, 0.5) is 24.8 Å². The molecule has 0 bridgehead atoms. The summed E-state index contributed by atoms with van der Waals surface area (Å²) in [4.78, 5) is 11.5. The van der Waals surface area contributed by atoms with E-state index in [2.05, 4.69) is 20.3 Å². The van der Waals surface area contributed by atoms with E-state index in [1.807, 2.05) is 19.1 Å².